The van der Waals surface area contributed by atoms with E-state index in [1.807, 2.05) is 24.4 Å². The first kappa shape index (κ1) is 15.6. The third-order valence-electron chi connectivity index (χ3n) is 4.34. The van der Waals surface area contributed by atoms with Gasteiger partial charge < -0.3 is 16.0 Å². The summed E-state index contributed by atoms with van der Waals surface area (Å²) >= 11 is 0. The lowest BCUT2D eigenvalue weighted by Crippen LogP contribution is -2.49. The minimum Gasteiger partial charge on any atom is -0.361 e. The van der Waals surface area contributed by atoms with Gasteiger partial charge in [0.2, 0.25) is 5.91 Å². The standard InChI is InChI=1S/C17H25N3O/c1-3-17(18,4-2)12-20-16(21)10-9-13-11-19-15-8-6-5-7-14(13)15/h5-8,11,19H,3-4,9-10,12,18H2,1-2H3,(H,20,21). The molecule has 0 unspecified atom stereocenters. The number of rotatable bonds is 7. The number of hydrogen-bond donors (Lipinski definition) is 3. The Morgan fingerprint density at radius 2 is 2.00 bits per heavy atom. The monoisotopic (exact) mass is 287 g/mol. The number of hydrogen-bond acceptors (Lipinski definition) is 2. The average Bonchev–Trinajstić information content (AvgIpc) is 2.94. The van der Waals surface area contributed by atoms with E-state index in [1.165, 1.54) is 10.9 Å². The van der Waals surface area contributed by atoms with E-state index in [0.29, 0.717) is 13.0 Å². The van der Waals surface area contributed by atoms with Crippen molar-refractivity contribution >= 4 is 16.8 Å². The molecule has 2 aromatic rings. The Kier molecular flexibility index (Phi) is 5.02. The molecule has 1 amide bonds. The molecule has 0 radical (unpaired) electrons. The molecule has 0 saturated carbocycles. The molecule has 0 aliphatic carbocycles. The fraction of sp³-hybridized carbons (Fsp3) is 0.471. The van der Waals surface area contributed by atoms with Gasteiger partial charge in [-0.2, -0.15) is 0 Å². The van der Waals surface area contributed by atoms with Crippen molar-refractivity contribution in [2.75, 3.05) is 6.54 Å². The van der Waals surface area contributed by atoms with Gasteiger partial charge in [0.15, 0.2) is 0 Å². The molecule has 2 rings (SSSR count). The van der Waals surface area contributed by atoms with Gasteiger partial charge in [0.25, 0.3) is 0 Å². The Morgan fingerprint density at radius 1 is 1.29 bits per heavy atom. The highest BCUT2D eigenvalue weighted by molar-refractivity contribution is 5.84. The predicted molar refractivity (Wildman–Crippen MR) is 87.1 cm³/mol. The number of amides is 1. The van der Waals surface area contributed by atoms with Gasteiger partial charge in [0.1, 0.15) is 0 Å². The van der Waals surface area contributed by atoms with Crippen LogP contribution in [-0.2, 0) is 11.2 Å². The van der Waals surface area contributed by atoms with Gasteiger partial charge in [0.05, 0.1) is 0 Å². The molecular formula is C17H25N3O. The van der Waals surface area contributed by atoms with Crippen LogP contribution in [0, 0.1) is 0 Å². The number of nitrogens with two attached hydrogens (primary N) is 1. The van der Waals surface area contributed by atoms with Crippen LogP contribution in [0.1, 0.15) is 38.7 Å². The van der Waals surface area contributed by atoms with Gasteiger partial charge >= 0.3 is 0 Å². The predicted octanol–water partition coefficient (Wildman–Crippen LogP) is 2.73. The first-order valence-corrected chi connectivity index (χ1v) is 7.68. The summed E-state index contributed by atoms with van der Waals surface area (Å²) in [4.78, 5) is 15.2. The fourth-order valence-corrected chi connectivity index (χ4v) is 2.45. The average molecular weight is 287 g/mol. The van der Waals surface area contributed by atoms with Crippen molar-refractivity contribution in [2.45, 2.75) is 45.1 Å². The van der Waals surface area contributed by atoms with Gasteiger partial charge in [-0.1, -0.05) is 32.0 Å². The molecule has 1 aromatic carbocycles. The Hall–Kier alpha value is -1.81. The molecule has 21 heavy (non-hydrogen) atoms. The van der Waals surface area contributed by atoms with E-state index in [2.05, 4.69) is 30.2 Å². The molecule has 1 heterocycles. The minimum absolute atomic E-state index is 0.0667. The maximum Gasteiger partial charge on any atom is 0.220 e. The number of carbonyl (C=O) groups is 1. The third kappa shape index (κ3) is 3.85. The lowest BCUT2D eigenvalue weighted by molar-refractivity contribution is -0.121. The lowest BCUT2D eigenvalue weighted by Gasteiger charge is -2.26. The van der Waals surface area contributed by atoms with E-state index in [1.54, 1.807) is 0 Å². The van der Waals surface area contributed by atoms with Crippen molar-refractivity contribution in [1.82, 2.24) is 10.3 Å². The van der Waals surface area contributed by atoms with Crippen LogP contribution >= 0.6 is 0 Å². The fourth-order valence-electron chi connectivity index (χ4n) is 2.45. The molecule has 0 atom stereocenters. The second kappa shape index (κ2) is 6.76. The maximum absolute atomic E-state index is 12.0. The van der Waals surface area contributed by atoms with Crippen LogP contribution in [0.4, 0.5) is 0 Å². The SMILES string of the molecule is CCC(N)(CC)CNC(=O)CCc1c[nH]c2ccccc12. The number of aryl methyl sites for hydroxylation is 1. The summed E-state index contributed by atoms with van der Waals surface area (Å²) < 4.78 is 0. The largest absolute Gasteiger partial charge is 0.361 e. The van der Waals surface area contributed by atoms with Crippen molar-refractivity contribution < 1.29 is 4.79 Å². The number of aromatic nitrogens is 1. The molecular weight excluding hydrogens is 262 g/mol. The van der Waals surface area contributed by atoms with Crippen LogP contribution in [0.25, 0.3) is 10.9 Å². The normalized spacial score (nSPS) is 11.8. The van der Waals surface area contributed by atoms with E-state index in [0.717, 1.165) is 24.8 Å². The number of aromatic amines is 1. The molecule has 0 aliphatic rings. The quantitative estimate of drug-likeness (QED) is 0.732. The molecule has 4 nitrogen and oxygen atoms in total. The Balaban J connectivity index is 1.87. The number of carbonyl (C=O) groups excluding carboxylic acids is 1. The van der Waals surface area contributed by atoms with Crippen molar-refractivity contribution in [1.29, 1.82) is 0 Å². The molecule has 0 saturated heterocycles. The van der Waals surface area contributed by atoms with Crippen molar-refractivity contribution in [3.8, 4) is 0 Å². The maximum atomic E-state index is 12.0. The van der Waals surface area contributed by atoms with Crippen molar-refractivity contribution in [3.63, 3.8) is 0 Å². The second-order valence-electron chi connectivity index (χ2n) is 5.71. The molecule has 114 valence electrons. The van der Waals surface area contributed by atoms with E-state index in [9.17, 15) is 4.79 Å². The number of H-pyrrole nitrogens is 1. The summed E-state index contributed by atoms with van der Waals surface area (Å²) in [6.45, 7) is 4.66. The van der Waals surface area contributed by atoms with Gasteiger partial charge in [0, 0.05) is 35.6 Å². The van der Waals surface area contributed by atoms with Gasteiger partial charge in [-0.15, -0.1) is 0 Å². The summed E-state index contributed by atoms with van der Waals surface area (Å²) in [5.41, 5.74) is 8.21. The van der Waals surface area contributed by atoms with E-state index >= 15 is 0 Å². The number of para-hydroxylation sites is 1. The first-order valence-electron chi connectivity index (χ1n) is 7.68. The van der Waals surface area contributed by atoms with Crippen LogP contribution in [0.5, 0.6) is 0 Å². The Bertz CT molecular complexity index is 599. The molecule has 0 aliphatic heterocycles. The smallest absolute Gasteiger partial charge is 0.220 e. The topological polar surface area (TPSA) is 70.9 Å². The van der Waals surface area contributed by atoms with Gasteiger partial charge in [-0.05, 0) is 30.9 Å². The summed E-state index contributed by atoms with van der Waals surface area (Å²) in [5, 5.41) is 4.16. The van der Waals surface area contributed by atoms with E-state index < -0.39 is 0 Å². The number of nitrogens with one attached hydrogen (secondary N) is 2. The van der Waals surface area contributed by atoms with Crippen LogP contribution in [0.15, 0.2) is 30.5 Å². The van der Waals surface area contributed by atoms with E-state index in [4.69, 9.17) is 5.73 Å². The zero-order valence-corrected chi connectivity index (χ0v) is 12.9. The highest BCUT2D eigenvalue weighted by Gasteiger charge is 2.20. The molecule has 0 spiro atoms. The Labute approximate surface area is 126 Å². The van der Waals surface area contributed by atoms with Gasteiger partial charge in [-0.3, -0.25) is 4.79 Å². The summed E-state index contributed by atoms with van der Waals surface area (Å²) in [7, 11) is 0. The van der Waals surface area contributed by atoms with Crippen molar-refractivity contribution in [3.05, 3.63) is 36.0 Å². The van der Waals surface area contributed by atoms with E-state index in [-0.39, 0.29) is 11.4 Å². The van der Waals surface area contributed by atoms with Crippen LogP contribution in [0.2, 0.25) is 0 Å². The zero-order chi connectivity index (χ0) is 15.3. The van der Waals surface area contributed by atoms with Crippen LogP contribution in [0.3, 0.4) is 0 Å². The van der Waals surface area contributed by atoms with Crippen LogP contribution < -0.4 is 11.1 Å². The van der Waals surface area contributed by atoms with Crippen LogP contribution in [-0.4, -0.2) is 23.0 Å². The Morgan fingerprint density at radius 3 is 2.71 bits per heavy atom. The lowest BCUT2D eigenvalue weighted by atomic mass is 9.94. The summed E-state index contributed by atoms with van der Waals surface area (Å²) in [6.07, 6.45) is 4.96. The van der Waals surface area contributed by atoms with Gasteiger partial charge in [-0.25, -0.2) is 0 Å². The highest BCUT2D eigenvalue weighted by atomic mass is 16.1. The number of benzene rings is 1. The molecule has 0 fully saturated rings. The second-order valence-corrected chi connectivity index (χ2v) is 5.71. The molecule has 4 heteroatoms. The highest BCUT2D eigenvalue weighted by Crippen LogP contribution is 2.19. The molecule has 1 aromatic heterocycles. The molecule has 4 N–H and O–H groups in total. The zero-order valence-electron chi connectivity index (χ0n) is 12.9. The number of fused-ring (bicyclic) bond motifs is 1. The van der Waals surface area contributed by atoms with Crippen molar-refractivity contribution in [2.24, 2.45) is 5.73 Å². The summed E-state index contributed by atoms with van der Waals surface area (Å²) in [6, 6.07) is 8.15. The minimum atomic E-state index is -0.281. The molecule has 0 bridgehead atoms. The summed E-state index contributed by atoms with van der Waals surface area (Å²) in [5.74, 6) is 0.0667. The third-order valence-corrected chi connectivity index (χ3v) is 4.34. The first-order chi connectivity index (χ1) is 10.1.